The number of rotatable bonds is 5. The van der Waals surface area contributed by atoms with Gasteiger partial charge in [-0.05, 0) is 55.7 Å². The second kappa shape index (κ2) is 8.24. The minimum atomic E-state index is -0.199. The Hall–Kier alpha value is -3.25. The second-order valence-electron chi connectivity index (χ2n) is 7.25. The van der Waals surface area contributed by atoms with Gasteiger partial charge < -0.3 is 0 Å². The number of fused-ring (bicyclic) bond motifs is 1. The van der Waals surface area contributed by atoms with Crippen molar-refractivity contribution in [1.29, 1.82) is 0 Å². The van der Waals surface area contributed by atoms with Gasteiger partial charge in [0.05, 0.1) is 16.9 Å². The van der Waals surface area contributed by atoms with Crippen LogP contribution in [0.5, 0.6) is 0 Å². The van der Waals surface area contributed by atoms with E-state index in [1.54, 1.807) is 0 Å². The summed E-state index contributed by atoms with van der Waals surface area (Å²) in [5.41, 5.74) is 4.96. The van der Waals surface area contributed by atoms with E-state index < -0.39 is 0 Å². The standard InChI is InChI=1S/C23H22ClN5O/c1-4-15-8-9-20-18(11-15)13(2)25-22(27-20)29-23-26-14(3)19(21(30)28-23)12-16-6-5-7-17(24)10-16/h5-11H,4,12H2,1-3H3,(H2,25,26,27,28,29,30). The van der Waals surface area contributed by atoms with Crippen LogP contribution in [0.4, 0.5) is 11.9 Å². The lowest BCUT2D eigenvalue weighted by molar-refractivity contribution is 0.978. The number of H-pyrrole nitrogens is 1. The van der Waals surface area contributed by atoms with Gasteiger partial charge in [0.2, 0.25) is 11.9 Å². The van der Waals surface area contributed by atoms with Crippen molar-refractivity contribution in [3.8, 4) is 0 Å². The summed E-state index contributed by atoms with van der Waals surface area (Å²) >= 11 is 6.05. The quantitative estimate of drug-likeness (QED) is 0.481. The van der Waals surface area contributed by atoms with Crippen molar-refractivity contribution in [3.63, 3.8) is 0 Å². The number of halogens is 1. The van der Waals surface area contributed by atoms with E-state index in [0.29, 0.717) is 34.6 Å². The number of anilines is 2. The Morgan fingerprint density at radius 3 is 2.57 bits per heavy atom. The van der Waals surface area contributed by atoms with Crippen LogP contribution in [0.15, 0.2) is 47.3 Å². The van der Waals surface area contributed by atoms with Crippen molar-refractivity contribution >= 4 is 34.4 Å². The number of aryl methyl sites for hydroxylation is 3. The highest BCUT2D eigenvalue weighted by molar-refractivity contribution is 6.30. The minimum Gasteiger partial charge on any atom is -0.294 e. The van der Waals surface area contributed by atoms with E-state index in [-0.39, 0.29) is 5.56 Å². The summed E-state index contributed by atoms with van der Waals surface area (Å²) in [7, 11) is 0. The molecule has 0 saturated heterocycles. The summed E-state index contributed by atoms with van der Waals surface area (Å²) in [5, 5.41) is 4.70. The lowest BCUT2D eigenvalue weighted by Gasteiger charge is -2.10. The largest absolute Gasteiger partial charge is 0.294 e. The monoisotopic (exact) mass is 419 g/mol. The van der Waals surface area contributed by atoms with E-state index in [9.17, 15) is 4.79 Å². The van der Waals surface area contributed by atoms with Crippen LogP contribution in [-0.4, -0.2) is 19.9 Å². The van der Waals surface area contributed by atoms with Crippen molar-refractivity contribution in [2.45, 2.75) is 33.6 Å². The van der Waals surface area contributed by atoms with Gasteiger partial charge >= 0.3 is 0 Å². The fourth-order valence-corrected chi connectivity index (χ4v) is 3.65. The molecule has 0 bridgehead atoms. The molecule has 4 aromatic rings. The van der Waals surface area contributed by atoms with E-state index in [1.807, 2.05) is 44.2 Å². The summed E-state index contributed by atoms with van der Waals surface area (Å²) < 4.78 is 0. The maximum atomic E-state index is 12.7. The van der Waals surface area contributed by atoms with Crippen LogP contribution in [0.2, 0.25) is 5.02 Å². The molecule has 0 radical (unpaired) electrons. The maximum Gasteiger partial charge on any atom is 0.256 e. The first-order chi connectivity index (χ1) is 14.4. The summed E-state index contributed by atoms with van der Waals surface area (Å²) in [6.07, 6.45) is 1.42. The molecule has 6 nitrogen and oxygen atoms in total. The lowest BCUT2D eigenvalue weighted by Crippen LogP contribution is -2.19. The molecule has 2 aromatic carbocycles. The smallest absolute Gasteiger partial charge is 0.256 e. The van der Waals surface area contributed by atoms with Crippen LogP contribution >= 0.6 is 11.6 Å². The molecular weight excluding hydrogens is 398 g/mol. The molecule has 30 heavy (non-hydrogen) atoms. The molecule has 2 heterocycles. The van der Waals surface area contributed by atoms with Gasteiger partial charge in [-0.25, -0.2) is 15.0 Å². The SMILES string of the molecule is CCc1ccc2nc(Nc3nc(C)c(Cc4cccc(Cl)c4)c(=O)[nH]3)nc(C)c2c1. The molecule has 0 atom stereocenters. The highest BCUT2D eigenvalue weighted by Crippen LogP contribution is 2.21. The first-order valence-corrected chi connectivity index (χ1v) is 10.2. The molecule has 2 aromatic heterocycles. The van der Waals surface area contributed by atoms with Crippen LogP contribution in [0, 0.1) is 13.8 Å². The predicted octanol–water partition coefficient (Wildman–Crippen LogP) is 4.88. The molecule has 2 N–H and O–H groups in total. The van der Waals surface area contributed by atoms with Crippen molar-refractivity contribution in [3.05, 3.63) is 85.9 Å². The predicted molar refractivity (Wildman–Crippen MR) is 121 cm³/mol. The Morgan fingerprint density at radius 2 is 1.83 bits per heavy atom. The molecule has 0 amide bonds. The summed E-state index contributed by atoms with van der Waals surface area (Å²) in [5.74, 6) is 0.714. The van der Waals surface area contributed by atoms with E-state index in [0.717, 1.165) is 28.6 Å². The number of benzene rings is 2. The van der Waals surface area contributed by atoms with Crippen molar-refractivity contribution < 1.29 is 0 Å². The number of nitrogens with zero attached hydrogens (tertiary/aromatic N) is 3. The number of hydrogen-bond acceptors (Lipinski definition) is 5. The average molecular weight is 420 g/mol. The number of hydrogen-bond donors (Lipinski definition) is 2. The van der Waals surface area contributed by atoms with Crippen molar-refractivity contribution in [2.75, 3.05) is 5.32 Å². The van der Waals surface area contributed by atoms with Crippen LogP contribution in [0.1, 0.15) is 35.0 Å². The Morgan fingerprint density at radius 1 is 1.00 bits per heavy atom. The highest BCUT2D eigenvalue weighted by Gasteiger charge is 2.12. The van der Waals surface area contributed by atoms with Crippen molar-refractivity contribution in [1.82, 2.24) is 19.9 Å². The lowest BCUT2D eigenvalue weighted by atomic mass is 10.1. The third-order valence-electron chi connectivity index (χ3n) is 5.08. The van der Waals surface area contributed by atoms with Gasteiger partial charge in [0.15, 0.2) is 0 Å². The zero-order chi connectivity index (χ0) is 21.3. The highest BCUT2D eigenvalue weighted by atomic mass is 35.5. The summed E-state index contributed by atoms with van der Waals surface area (Å²) in [4.78, 5) is 29.1. The van der Waals surface area contributed by atoms with Gasteiger partial charge in [0, 0.05) is 22.4 Å². The second-order valence-corrected chi connectivity index (χ2v) is 7.68. The molecule has 0 unspecified atom stereocenters. The van der Waals surface area contributed by atoms with Gasteiger partial charge in [-0.1, -0.05) is 36.7 Å². The fourth-order valence-electron chi connectivity index (χ4n) is 3.44. The molecule has 0 saturated carbocycles. The first kappa shape index (κ1) is 20.0. The van der Waals surface area contributed by atoms with Crippen LogP contribution in [0.25, 0.3) is 10.9 Å². The van der Waals surface area contributed by atoms with Crippen molar-refractivity contribution in [2.24, 2.45) is 0 Å². The van der Waals surface area contributed by atoms with Crippen LogP contribution in [-0.2, 0) is 12.8 Å². The first-order valence-electron chi connectivity index (χ1n) is 9.81. The normalized spacial score (nSPS) is 11.1. The molecule has 152 valence electrons. The van der Waals surface area contributed by atoms with E-state index in [4.69, 9.17) is 11.6 Å². The van der Waals surface area contributed by atoms with Gasteiger partial charge in [0.1, 0.15) is 0 Å². The summed E-state index contributed by atoms with van der Waals surface area (Å²) in [6.45, 7) is 5.89. The fraction of sp³-hybridized carbons (Fsp3) is 0.217. The maximum absolute atomic E-state index is 12.7. The number of aromatic amines is 1. The van der Waals surface area contributed by atoms with Crippen LogP contribution in [0.3, 0.4) is 0 Å². The molecule has 0 aliphatic carbocycles. The zero-order valence-electron chi connectivity index (χ0n) is 17.1. The Kier molecular flexibility index (Phi) is 5.50. The Balaban J connectivity index is 1.63. The van der Waals surface area contributed by atoms with Gasteiger partial charge in [-0.3, -0.25) is 15.1 Å². The average Bonchev–Trinajstić information content (AvgIpc) is 2.71. The molecule has 0 fully saturated rings. The van der Waals surface area contributed by atoms with Gasteiger partial charge in [-0.2, -0.15) is 0 Å². The molecular formula is C23H22ClN5O. The third kappa shape index (κ3) is 4.19. The summed E-state index contributed by atoms with van der Waals surface area (Å²) in [6, 6.07) is 13.6. The minimum absolute atomic E-state index is 0.199. The van der Waals surface area contributed by atoms with Gasteiger partial charge in [0.25, 0.3) is 5.56 Å². The Labute approximate surface area is 179 Å². The zero-order valence-corrected chi connectivity index (χ0v) is 17.8. The number of nitrogens with one attached hydrogen (secondary N) is 2. The third-order valence-corrected chi connectivity index (χ3v) is 5.32. The molecule has 7 heteroatoms. The Bertz CT molecular complexity index is 1300. The molecule has 0 spiro atoms. The molecule has 4 rings (SSSR count). The van der Waals surface area contributed by atoms with Gasteiger partial charge in [-0.15, -0.1) is 0 Å². The van der Waals surface area contributed by atoms with Crippen LogP contribution < -0.4 is 10.9 Å². The molecule has 0 aliphatic heterocycles. The van der Waals surface area contributed by atoms with E-state index in [1.165, 1.54) is 5.56 Å². The molecule has 0 aliphatic rings. The number of aromatic nitrogens is 4. The van der Waals surface area contributed by atoms with E-state index >= 15 is 0 Å². The topological polar surface area (TPSA) is 83.6 Å². The van der Waals surface area contributed by atoms with E-state index in [2.05, 4.69) is 44.3 Å².